The second kappa shape index (κ2) is 14.9. The van der Waals surface area contributed by atoms with Gasteiger partial charge in [0.05, 0.1) is 0 Å². The van der Waals surface area contributed by atoms with E-state index >= 15 is 0 Å². The Kier molecular flexibility index (Phi) is 11.0. The maximum absolute atomic E-state index is 3.59. The first-order chi connectivity index (χ1) is 19.7. The fourth-order valence-electron chi connectivity index (χ4n) is 5.08. The molecular formula is C36H46N4S. The van der Waals surface area contributed by atoms with Crippen LogP contribution in [-0.2, 0) is 0 Å². The Morgan fingerprint density at radius 1 is 0.415 bits per heavy atom. The molecule has 0 saturated heterocycles. The predicted molar refractivity (Wildman–Crippen MR) is 182 cm³/mol. The van der Waals surface area contributed by atoms with Gasteiger partial charge < -0.3 is 21.3 Å². The van der Waals surface area contributed by atoms with Crippen molar-refractivity contribution in [3.63, 3.8) is 0 Å². The zero-order valence-electron chi connectivity index (χ0n) is 25.4. The normalized spacial score (nSPS) is 12.7. The highest BCUT2D eigenvalue weighted by Crippen LogP contribution is 2.31. The lowest BCUT2D eigenvalue weighted by molar-refractivity contribution is 0.539. The third kappa shape index (κ3) is 10.4. The van der Waals surface area contributed by atoms with E-state index in [9.17, 15) is 0 Å². The Bertz CT molecular complexity index is 1210. The molecule has 4 rings (SSSR count). The van der Waals surface area contributed by atoms with Crippen LogP contribution >= 0.6 is 11.8 Å². The molecule has 0 fully saturated rings. The van der Waals surface area contributed by atoms with Crippen molar-refractivity contribution in [1.29, 1.82) is 0 Å². The molecule has 0 amide bonds. The van der Waals surface area contributed by atoms with Gasteiger partial charge in [-0.3, -0.25) is 0 Å². The molecule has 5 heteroatoms. The van der Waals surface area contributed by atoms with Gasteiger partial charge >= 0.3 is 0 Å². The van der Waals surface area contributed by atoms with Crippen molar-refractivity contribution in [2.24, 2.45) is 11.8 Å². The number of hydrogen-bond donors (Lipinski definition) is 4. The summed E-state index contributed by atoms with van der Waals surface area (Å²) in [5.41, 5.74) is 6.66. The lowest BCUT2D eigenvalue weighted by Crippen LogP contribution is -2.17. The molecule has 0 aliphatic rings. The van der Waals surface area contributed by atoms with Crippen LogP contribution in [0.3, 0.4) is 0 Å². The van der Waals surface area contributed by atoms with Gasteiger partial charge in [0.1, 0.15) is 0 Å². The van der Waals surface area contributed by atoms with E-state index in [1.54, 1.807) is 11.8 Å². The highest BCUT2D eigenvalue weighted by Gasteiger charge is 2.07. The van der Waals surface area contributed by atoms with Gasteiger partial charge in [-0.25, -0.2) is 0 Å². The summed E-state index contributed by atoms with van der Waals surface area (Å²) in [7, 11) is 0. The van der Waals surface area contributed by atoms with Crippen molar-refractivity contribution in [2.75, 3.05) is 21.3 Å². The molecule has 41 heavy (non-hydrogen) atoms. The van der Waals surface area contributed by atoms with Gasteiger partial charge in [-0.05, 0) is 136 Å². The summed E-state index contributed by atoms with van der Waals surface area (Å²) < 4.78 is 0. The zero-order valence-corrected chi connectivity index (χ0v) is 26.2. The molecule has 2 unspecified atom stereocenters. The standard InChI is InChI=1S/C36H46N4S/c1-25(2)23-27(5)37-29-7-11-31(12-8-29)39-33-15-19-35(20-16-33)41-36-21-17-34(18-22-36)40-32-13-9-30(10-14-32)38-28(6)24-26(3)4/h7-22,25-28,37-40H,23-24H2,1-6H3. The highest BCUT2D eigenvalue weighted by atomic mass is 32.2. The third-order valence-corrected chi connectivity index (χ3v) is 7.78. The minimum absolute atomic E-state index is 0.467. The van der Waals surface area contributed by atoms with Crippen LogP contribution in [0, 0.1) is 11.8 Å². The van der Waals surface area contributed by atoms with Gasteiger partial charge in [-0.1, -0.05) is 39.5 Å². The average Bonchev–Trinajstić information content (AvgIpc) is 2.92. The monoisotopic (exact) mass is 566 g/mol. The van der Waals surface area contributed by atoms with Crippen LogP contribution in [0.1, 0.15) is 54.4 Å². The van der Waals surface area contributed by atoms with Crippen LogP contribution in [0.5, 0.6) is 0 Å². The first-order valence-corrected chi connectivity index (χ1v) is 15.7. The van der Waals surface area contributed by atoms with Crippen molar-refractivity contribution in [3.05, 3.63) is 97.1 Å². The van der Waals surface area contributed by atoms with Gasteiger partial charge in [0.25, 0.3) is 0 Å². The maximum atomic E-state index is 3.59. The van der Waals surface area contributed by atoms with Crippen LogP contribution in [-0.4, -0.2) is 12.1 Å². The van der Waals surface area contributed by atoms with E-state index in [0.717, 1.165) is 47.0 Å². The van der Waals surface area contributed by atoms with Gasteiger partial charge in [0.2, 0.25) is 0 Å². The molecule has 0 radical (unpaired) electrons. The second-order valence-corrected chi connectivity index (χ2v) is 13.1. The Hall–Kier alpha value is -3.57. The fourth-order valence-corrected chi connectivity index (χ4v) is 5.90. The summed E-state index contributed by atoms with van der Waals surface area (Å²) >= 11 is 1.77. The smallest absolute Gasteiger partial charge is 0.0385 e. The van der Waals surface area contributed by atoms with Crippen LogP contribution < -0.4 is 21.3 Å². The Labute approximate surface area is 251 Å². The van der Waals surface area contributed by atoms with Gasteiger partial charge in [0, 0.05) is 56.0 Å². The molecule has 0 spiro atoms. The molecule has 0 aromatic heterocycles. The van der Waals surface area contributed by atoms with Crippen molar-refractivity contribution < 1.29 is 0 Å². The largest absolute Gasteiger partial charge is 0.383 e. The molecule has 4 N–H and O–H groups in total. The Balaban J connectivity index is 1.25. The first kappa shape index (κ1) is 30.4. The van der Waals surface area contributed by atoms with Gasteiger partial charge in [-0.15, -0.1) is 0 Å². The lowest BCUT2D eigenvalue weighted by atomic mass is 10.1. The molecule has 4 nitrogen and oxygen atoms in total. The SMILES string of the molecule is CC(C)CC(C)Nc1ccc(Nc2ccc(Sc3ccc(Nc4ccc(NC(C)CC(C)C)cc4)cc3)cc2)cc1. The number of hydrogen-bond acceptors (Lipinski definition) is 5. The second-order valence-electron chi connectivity index (χ2n) is 11.9. The molecule has 2 atom stereocenters. The molecule has 0 aliphatic carbocycles. The van der Waals surface area contributed by atoms with E-state index in [1.807, 2.05) is 0 Å². The predicted octanol–water partition coefficient (Wildman–Crippen LogP) is 11.0. The molecule has 0 heterocycles. The number of anilines is 6. The third-order valence-electron chi connectivity index (χ3n) is 6.77. The summed E-state index contributed by atoms with van der Waals surface area (Å²) in [4.78, 5) is 2.43. The van der Waals surface area contributed by atoms with Crippen LogP contribution in [0.25, 0.3) is 0 Å². The van der Waals surface area contributed by atoms with E-state index in [0.29, 0.717) is 23.9 Å². The van der Waals surface area contributed by atoms with Crippen LogP contribution in [0.2, 0.25) is 0 Å². The van der Waals surface area contributed by atoms with E-state index in [2.05, 4.69) is 160 Å². The number of rotatable bonds is 14. The van der Waals surface area contributed by atoms with Crippen molar-refractivity contribution in [2.45, 2.75) is 76.3 Å². The van der Waals surface area contributed by atoms with E-state index in [4.69, 9.17) is 0 Å². The molecule has 4 aromatic carbocycles. The average molecular weight is 567 g/mol. The van der Waals surface area contributed by atoms with Crippen molar-refractivity contribution in [3.8, 4) is 0 Å². The van der Waals surface area contributed by atoms with Gasteiger partial charge in [0.15, 0.2) is 0 Å². The van der Waals surface area contributed by atoms with Gasteiger partial charge in [-0.2, -0.15) is 0 Å². The summed E-state index contributed by atoms with van der Waals surface area (Å²) in [5.74, 6) is 1.38. The fraction of sp³-hybridized carbons (Fsp3) is 0.333. The maximum Gasteiger partial charge on any atom is 0.0385 e. The zero-order chi connectivity index (χ0) is 29.2. The molecular weight excluding hydrogens is 520 g/mol. The summed E-state index contributed by atoms with van der Waals surface area (Å²) in [6.45, 7) is 13.5. The molecule has 0 aliphatic heterocycles. The number of nitrogens with one attached hydrogen (secondary N) is 4. The van der Waals surface area contributed by atoms with Crippen LogP contribution in [0.15, 0.2) is 107 Å². The van der Waals surface area contributed by atoms with E-state index < -0.39 is 0 Å². The summed E-state index contributed by atoms with van der Waals surface area (Å²) in [5, 5.41) is 14.2. The molecule has 216 valence electrons. The van der Waals surface area contributed by atoms with Crippen molar-refractivity contribution in [1.82, 2.24) is 0 Å². The molecule has 0 bridgehead atoms. The minimum Gasteiger partial charge on any atom is -0.383 e. The Morgan fingerprint density at radius 3 is 0.976 bits per heavy atom. The molecule has 4 aromatic rings. The lowest BCUT2D eigenvalue weighted by Gasteiger charge is -2.17. The minimum atomic E-state index is 0.467. The topological polar surface area (TPSA) is 48.1 Å². The number of benzene rings is 4. The summed E-state index contributed by atoms with van der Waals surface area (Å²) in [6, 6.07) is 35.2. The first-order valence-electron chi connectivity index (χ1n) is 14.9. The van der Waals surface area contributed by atoms with Crippen LogP contribution in [0.4, 0.5) is 34.1 Å². The summed E-state index contributed by atoms with van der Waals surface area (Å²) in [6.07, 6.45) is 2.33. The molecule has 0 saturated carbocycles. The van der Waals surface area contributed by atoms with E-state index in [-0.39, 0.29) is 0 Å². The quantitative estimate of drug-likeness (QED) is 0.122. The van der Waals surface area contributed by atoms with E-state index in [1.165, 1.54) is 9.79 Å². The highest BCUT2D eigenvalue weighted by molar-refractivity contribution is 7.99. The Morgan fingerprint density at radius 2 is 0.683 bits per heavy atom. The van der Waals surface area contributed by atoms with Crippen molar-refractivity contribution >= 4 is 45.9 Å².